The third kappa shape index (κ3) is 7.99. The fraction of sp³-hybridized carbons (Fsp3) is 0.263. The van der Waals surface area contributed by atoms with Crippen LogP contribution in [0, 0.1) is 20.8 Å². The van der Waals surface area contributed by atoms with Gasteiger partial charge in [0.1, 0.15) is 0 Å². The van der Waals surface area contributed by atoms with E-state index in [2.05, 4.69) is 63.7 Å². The molecule has 19 heavy (non-hydrogen) atoms. The van der Waals surface area contributed by atoms with Crippen molar-refractivity contribution in [3.8, 4) is 0 Å². The normalized spacial score (nSPS) is 8.47. The van der Waals surface area contributed by atoms with Gasteiger partial charge in [-0.15, -0.1) is 0 Å². The van der Waals surface area contributed by atoms with Crippen molar-refractivity contribution in [2.24, 2.45) is 0 Å². The fourth-order valence-corrected chi connectivity index (χ4v) is 1.43. The highest BCUT2D eigenvalue weighted by Gasteiger charge is 1.83. The maximum absolute atomic E-state index is 3.67. The standard InChI is InChI=1S/C9H10.C8H10.C2H6/c1-3-9-6-4-5-8(2)7-9;1-7-3-5-8(2)6-4-7;1-2/h3-7H,1H2,2H3;3-6H,1-2H3;1-2H3. The molecule has 0 aliphatic rings. The van der Waals surface area contributed by atoms with E-state index in [0.29, 0.717) is 0 Å². The predicted molar refractivity (Wildman–Crippen MR) is 88.5 cm³/mol. The van der Waals surface area contributed by atoms with Gasteiger partial charge in [0.15, 0.2) is 0 Å². The first kappa shape index (κ1) is 17.2. The number of benzene rings is 2. The van der Waals surface area contributed by atoms with Gasteiger partial charge in [-0.25, -0.2) is 0 Å². The van der Waals surface area contributed by atoms with Crippen molar-refractivity contribution in [2.45, 2.75) is 34.6 Å². The fourth-order valence-electron chi connectivity index (χ4n) is 1.43. The van der Waals surface area contributed by atoms with Crippen LogP contribution >= 0.6 is 0 Å². The van der Waals surface area contributed by atoms with Gasteiger partial charge in [-0.2, -0.15) is 0 Å². The summed E-state index contributed by atoms with van der Waals surface area (Å²) in [5, 5.41) is 0. The maximum atomic E-state index is 3.67. The Hall–Kier alpha value is -1.82. The lowest BCUT2D eigenvalue weighted by Gasteiger charge is -1.92. The summed E-state index contributed by atoms with van der Waals surface area (Å²) in [7, 11) is 0. The van der Waals surface area contributed by atoms with Crippen molar-refractivity contribution in [2.75, 3.05) is 0 Å². The highest BCUT2D eigenvalue weighted by Crippen LogP contribution is 2.03. The van der Waals surface area contributed by atoms with E-state index in [1.54, 1.807) is 0 Å². The highest BCUT2D eigenvalue weighted by molar-refractivity contribution is 5.47. The van der Waals surface area contributed by atoms with Crippen LogP contribution in [0.4, 0.5) is 0 Å². The molecular formula is C19H26. The lowest BCUT2D eigenvalue weighted by Crippen LogP contribution is -1.72. The van der Waals surface area contributed by atoms with Gasteiger partial charge in [0.2, 0.25) is 0 Å². The molecule has 102 valence electrons. The summed E-state index contributed by atoms with van der Waals surface area (Å²) in [4.78, 5) is 0. The molecule has 0 atom stereocenters. The largest absolute Gasteiger partial charge is 0.0985 e. The van der Waals surface area contributed by atoms with Crippen molar-refractivity contribution in [3.05, 3.63) is 77.4 Å². The molecule has 0 heterocycles. The molecule has 0 saturated heterocycles. The van der Waals surface area contributed by atoms with E-state index in [-0.39, 0.29) is 0 Å². The van der Waals surface area contributed by atoms with E-state index in [1.165, 1.54) is 22.3 Å². The molecule has 0 fully saturated rings. The maximum Gasteiger partial charge on any atom is -0.0260 e. The highest BCUT2D eigenvalue weighted by atomic mass is 13.9. The van der Waals surface area contributed by atoms with E-state index in [1.807, 2.05) is 32.1 Å². The minimum absolute atomic E-state index is 1.19. The first-order valence-electron chi connectivity index (χ1n) is 6.84. The average molecular weight is 254 g/mol. The van der Waals surface area contributed by atoms with E-state index >= 15 is 0 Å². The summed E-state index contributed by atoms with van der Waals surface area (Å²) in [6.07, 6.45) is 1.85. The van der Waals surface area contributed by atoms with Crippen molar-refractivity contribution >= 4 is 6.08 Å². The van der Waals surface area contributed by atoms with Gasteiger partial charge >= 0.3 is 0 Å². The van der Waals surface area contributed by atoms with Crippen LogP contribution in [0.2, 0.25) is 0 Å². The van der Waals surface area contributed by atoms with Crippen LogP contribution in [-0.4, -0.2) is 0 Å². The van der Waals surface area contributed by atoms with Crippen LogP contribution in [0.1, 0.15) is 36.1 Å². The summed E-state index contributed by atoms with van der Waals surface area (Å²) in [6.45, 7) is 13.9. The zero-order chi connectivity index (χ0) is 14.7. The molecule has 0 radical (unpaired) electrons. The Morgan fingerprint density at radius 3 is 1.53 bits per heavy atom. The zero-order valence-corrected chi connectivity index (χ0v) is 12.9. The molecule has 0 spiro atoms. The van der Waals surface area contributed by atoms with Gasteiger partial charge in [-0.1, -0.05) is 91.7 Å². The average Bonchev–Trinajstić information content (AvgIpc) is 2.45. The third-order valence-electron chi connectivity index (χ3n) is 2.50. The number of hydrogen-bond acceptors (Lipinski definition) is 0. The van der Waals surface area contributed by atoms with Gasteiger partial charge in [0.25, 0.3) is 0 Å². The molecule has 2 aromatic rings. The Morgan fingerprint density at radius 2 is 1.21 bits per heavy atom. The van der Waals surface area contributed by atoms with E-state index in [9.17, 15) is 0 Å². The van der Waals surface area contributed by atoms with E-state index < -0.39 is 0 Å². The van der Waals surface area contributed by atoms with Crippen LogP contribution in [0.15, 0.2) is 55.1 Å². The second-order valence-corrected chi connectivity index (χ2v) is 4.27. The second kappa shape index (κ2) is 10.1. The number of aryl methyl sites for hydroxylation is 3. The first-order chi connectivity index (χ1) is 9.11. The number of hydrogen-bond donors (Lipinski definition) is 0. The quantitative estimate of drug-likeness (QED) is 0.588. The smallest absolute Gasteiger partial charge is 0.0260 e. The monoisotopic (exact) mass is 254 g/mol. The SMILES string of the molecule is C=Cc1cccc(C)c1.CC.Cc1ccc(C)cc1. The molecule has 0 bridgehead atoms. The minimum Gasteiger partial charge on any atom is -0.0985 e. The van der Waals surface area contributed by atoms with Crippen molar-refractivity contribution < 1.29 is 0 Å². The first-order valence-corrected chi connectivity index (χ1v) is 6.84. The van der Waals surface area contributed by atoms with Crippen LogP contribution in [0.5, 0.6) is 0 Å². The van der Waals surface area contributed by atoms with Crippen molar-refractivity contribution in [1.29, 1.82) is 0 Å². The molecule has 0 nitrogen and oxygen atoms in total. The zero-order valence-electron chi connectivity index (χ0n) is 12.9. The van der Waals surface area contributed by atoms with Gasteiger partial charge in [-0.05, 0) is 26.3 Å². The lowest BCUT2D eigenvalue weighted by atomic mass is 10.1. The molecular weight excluding hydrogens is 228 g/mol. The predicted octanol–water partition coefficient (Wildman–Crippen LogP) is 5.97. The summed E-state index contributed by atoms with van der Waals surface area (Å²) >= 11 is 0. The lowest BCUT2D eigenvalue weighted by molar-refractivity contribution is 1.40. The van der Waals surface area contributed by atoms with Crippen LogP contribution in [0.3, 0.4) is 0 Å². The Kier molecular flexibility index (Phi) is 9.16. The van der Waals surface area contributed by atoms with E-state index in [0.717, 1.165) is 0 Å². The molecule has 0 amide bonds. The molecule has 2 aromatic carbocycles. The molecule has 2 rings (SSSR count). The molecule has 0 heteroatoms. The third-order valence-corrected chi connectivity index (χ3v) is 2.50. The van der Waals surface area contributed by atoms with Crippen LogP contribution < -0.4 is 0 Å². The Bertz CT molecular complexity index is 443. The van der Waals surface area contributed by atoms with Gasteiger partial charge < -0.3 is 0 Å². The summed E-state index contributed by atoms with van der Waals surface area (Å²) in [5.74, 6) is 0. The Balaban J connectivity index is 0.000000303. The van der Waals surface area contributed by atoms with Crippen molar-refractivity contribution in [1.82, 2.24) is 0 Å². The van der Waals surface area contributed by atoms with Gasteiger partial charge in [0, 0.05) is 0 Å². The van der Waals surface area contributed by atoms with Gasteiger partial charge in [0.05, 0.1) is 0 Å². The van der Waals surface area contributed by atoms with Crippen molar-refractivity contribution in [3.63, 3.8) is 0 Å². The summed E-state index contributed by atoms with van der Waals surface area (Å²) in [5.41, 5.74) is 5.13. The van der Waals surface area contributed by atoms with E-state index in [4.69, 9.17) is 0 Å². The second-order valence-electron chi connectivity index (χ2n) is 4.27. The molecule has 0 aliphatic heterocycles. The molecule has 0 saturated carbocycles. The van der Waals surface area contributed by atoms with Crippen LogP contribution in [0.25, 0.3) is 6.08 Å². The molecule has 0 aliphatic carbocycles. The van der Waals surface area contributed by atoms with Crippen LogP contribution in [-0.2, 0) is 0 Å². The Morgan fingerprint density at radius 1 is 0.737 bits per heavy atom. The molecule has 0 N–H and O–H groups in total. The molecule has 0 unspecified atom stereocenters. The number of rotatable bonds is 1. The summed E-state index contributed by atoms with van der Waals surface area (Å²) < 4.78 is 0. The van der Waals surface area contributed by atoms with Gasteiger partial charge in [-0.3, -0.25) is 0 Å². The minimum atomic E-state index is 1.19. The topological polar surface area (TPSA) is 0 Å². The molecule has 0 aromatic heterocycles. The summed E-state index contributed by atoms with van der Waals surface area (Å²) in [6, 6.07) is 16.7. The Labute approximate surface area is 118 Å².